The molecule has 4 nitrogen and oxygen atoms in total. The molecule has 0 bridgehead atoms. The van der Waals surface area contributed by atoms with Crippen LogP contribution < -0.4 is 5.73 Å². The number of nitrogen functional groups attached to an aromatic ring is 1. The van der Waals surface area contributed by atoms with E-state index in [4.69, 9.17) is 10.5 Å². The zero-order valence-corrected chi connectivity index (χ0v) is 7.77. The van der Waals surface area contributed by atoms with Crippen LogP contribution in [-0.4, -0.2) is 17.4 Å². The van der Waals surface area contributed by atoms with Crippen LogP contribution in [0.25, 0.3) is 0 Å². The molecule has 0 saturated carbocycles. The smallest absolute Gasteiger partial charge is 0.138 e. The van der Waals surface area contributed by atoms with Crippen molar-refractivity contribution >= 4 is 11.6 Å². The van der Waals surface area contributed by atoms with E-state index in [0.717, 1.165) is 5.69 Å². The summed E-state index contributed by atoms with van der Waals surface area (Å²) in [4.78, 5) is 15.3. The van der Waals surface area contributed by atoms with Gasteiger partial charge < -0.3 is 10.5 Å². The number of hydrogen-bond acceptors (Lipinski definition) is 4. The Balaban J connectivity index is 2.17. The number of rotatable bonds is 1. The summed E-state index contributed by atoms with van der Waals surface area (Å²) in [6.45, 7) is 0.486. The highest BCUT2D eigenvalue weighted by Gasteiger charge is 2.22. The summed E-state index contributed by atoms with van der Waals surface area (Å²) in [5.74, 6) is 0.689. The lowest BCUT2D eigenvalue weighted by atomic mass is 10.0. The Labute approximate surface area is 82.1 Å². The van der Waals surface area contributed by atoms with E-state index in [-0.39, 0.29) is 11.9 Å². The first-order valence-corrected chi connectivity index (χ1v) is 4.61. The molecule has 1 saturated heterocycles. The van der Waals surface area contributed by atoms with E-state index in [1.165, 1.54) is 0 Å². The van der Waals surface area contributed by atoms with E-state index in [0.29, 0.717) is 25.3 Å². The van der Waals surface area contributed by atoms with Crippen LogP contribution in [0.5, 0.6) is 0 Å². The molecule has 2 rings (SSSR count). The maximum Gasteiger partial charge on any atom is 0.138 e. The molecule has 1 aromatic rings. The number of Topliss-reactive ketones (excluding diaryl/α,β-unsaturated/α-hetero) is 1. The second-order valence-electron chi connectivity index (χ2n) is 3.34. The first-order valence-electron chi connectivity index (χ1n) is 4.61. The number of nitrogens with zero attached hydrogens (tertiary/aromatic N) is 1. The fourth-order valence-electron chi connectivity index (χ4n) is 1.52. The summed E-state index contributed by atoms with van der Waals surface area (Å²) in [7, 11) is 0. The van der Waals surface area contributed by atoms with Gasteiger partial charge in [-0.3, -0.25) is 4.79 Å². The highest BCUT2D eigenvalue weighted by molar-refractivity contribution is 5.79. The molecule has 1 aliphatic heterocycles. The lowest BCUT2D eigenvalue weighted by Crippen LogP contribution is -2.20. The van der Waals surface area contributed by atoms with Crippen molar-refractivity contribution in [2.45, 2.75) is 18.9 Å². The second-order valence-corrected chi connectivity index (χ2v) is 3.34. The molecule has 0 aromatic carbocycles. The summed E-state index contributed by atoms with van der Waals surface area (Å²) in [6, 6.07) is 5.37. The normalized spacial score (nSPS) is 22.3. The van der Waals surface area contributed by atoms with Gasteiger partial charge in [0.2, 0.25) is 0 Å². The number of nitrogens with two attached hydrogens (primary N) is 1. The number of aromatic nitrogens is 1. The molecule has 1 unspecified atom stereocenters. The summed E-state index contributed by atoms with van der Waals surface area (Å²) in [6.07, 6.45) is 0.717. The van der Waals surface area contributed by atoms with Crippen molar-refractivity contribution in [1.82, 2.24) is 4.98 Å². The van der Waals surface area contributed by atoms with E-state index < -0.39 is 0 Å². The Hall–Kier alpha value is -1.42. The lowest BCUT2D eigenvalue weighted by Gasteiger charge is -2.21. The summed E-state index contributed by atoms with van der Waals surface area (Å²) in [5.41, 5.74) is 6.30. The molecular weight excluding hydrogens is 180 g/mol. The van der Waals surface area contributed by atoms with E-state index in [1.54, 1.807) is 6.07 Å². The summed E-state index contributed by atoms with van der Waals surface area (Å²) >= 11 is 0. The van der Waals surface area contributed by atoms with Gasteiger partial charge in [0, 0.05) is 12.8 Å². The number of anilines is 1. The van der Waals surface area contributed by atoms with Crippen LogP contribution in [0, 0.1) is 0 Å². The van der Waals surface area contributed by atoms with Gasteiger partial charge in [-0.2, -0.15) is 0 Å². The first-order chi connectivity index (χ1) is 6.75. The predicted molar refractivity (Wildman–Crippen MR) is 51.6 cm³/mol. The van der Waals surface area contributed by atoms with Crippen LogP contribution in [0.2, 0.25) is 0 Å². The van der Waals surface area contributed by atoms with Gasteiger partial charge in [0.1, 0.15) is 17.7 Å². The van der Waals surface area contributed by atoms with Gasteiger partial charge in [-0.05, 0) is 12.1 Å². The number of carbonyl (C=O) groups excluding carboxylic acids is 1. The van der Waals surface area contributed by atoms with Crippen molar-refractivity contribution in [2.75, 3.05) is 12.3 Å². The minimum absolute atomic E-state index is 0.209. The molecule has 4 heteroatoms. The van der Waals surface area contributed by atoms with Crippen molar-refractivity contribution in [3.63, 3.8) is 0 Å². The topological polar surface area (TPSA) is 65.2 Å². The molecule has 1 fully saturated rings. The largest absolute Gasteiger partial charge is 0.384 e. The average molecular weight is 192 g/mol. The van der Waals surface area contributed by atoms with Gasteiger partial charge in [-0.1, -0.05) is 6.07 Å². The highest BCUT2D eigenvalue weighted by atomic mass is 16.5. The third-order valence-corrected chi connectivity index (χ3v) is 2.24. The van der Waals surface area contributed by atoms with Crippen LogP contribution in [0.3, 0.4) is 0 Å². The Morgan fingerprint density at radius 1 is 1.50 bits per heavy atom. The van der Waals surface area contributed by atoms with E-state index in [9.17, 15) is 4.79 Å². The Kier molecular flexibility index (Phi) is 2.45. The zero-order chi connectivity index (χ0) is 9.97. The molecule has 1 aliphatic rings. The molecule has 1 atom stereocenters. The standard InChI is InChI=1S/C10H12N2O2/c11-10-3-1-2-8(12-10)9-6-7(13)4-5-14-9/h1-3,9H,4-6H2,(H2,11,12). The van der Waals surface area contributed by atoms with E-state index >= 15 is 0 Å². The van der Waals surface area contributed by atoms with Crippen molar-refractivity contribution in [1.29, 1.82) is 0 Å². The first kappa shape index (κ1) is 9.15. The molecule has 14 heavy (non-hydrogen) atoms. The van der Waals surface area contributed by atoms with Crippen molar-refractivity contribution in [2.24, 2.45) is 0 Å². The quantitative estimate of drug-likeness (QED) is 0.723. The Bertz CT molecular complexity index is 352. The monoisotopic (exact) mass is 192 g/mol. The van der Waals surface area contributed by atoms with Crippen molar-refractivity contribution in [3.8, 4) is 0 Å². The Morgan fingerprint density at radius 3 is 3.07 bits per heavy atom. The fraction of sp³-hybridized carbons (Fsp3) is 0.400. The minimum Gasteiger partial charge on any atom is -0.384 e. The highest BCUT2D eigenvalue weighted by Crippen LogP contribution is 2.24. The zero-order valence-electron chi connectivity index (χ0n) is 7.77. The van der Waals surface area contributed by atoms with E-state index in [1.807, 2.05) is 12.1 Å². The van der Waals surface area contributed by atoms with Crippen molar-refractivity contribution < 1.29 is 9.53 Å². The molecule has 0 amide bonds. The van der Waals surface area contributed by atoms with Gasteiger partial charge in [-0.15, -0.1) is 0 Å². The molecule has 2 heterocycles. The molecule has 0 radical (unpaired) electrons. The van der Waals surface area contributed by atoms with Crippen LogP contribution in [0.1, 0.15) is 24.6 Å². The van der Waals surface area contributed by atoms with Crippen molar-refractivity contribution in [3.05, 3.63) is 23.9 Å². The molecule has 2 N–H and O–H groups in total. The average Bonchev–Trinajstić information content (AvgIpc) is 2.18. The third kappa shape index (κ3) is 1.90. The van der Waals surface area contributed by atoms with Crippen LogP contribution in [0.4, 0.5) is 5.82 Å². The molecule has 0 aliphatic carbocycles. The maximum absolute atomic E-state index is 11.2. The number of hydrogen-bond donors (Lipinski definition) is 1. The number of ketones is 1. The van der Waals surface area contributed by atoms with Gasteiger partial charge in [-0.25, -0.2) is 4.98 Å². The van der Waals surface area contributed by atoms with Gasteiger partial charge in [0.15, 0.2) is 0 Å². The summed E-state index contributed by atoms with van der Waals surface area (Å²) in [5, 5.41) is 0. The van der Waals surface area contributed by atoms with Gasteiger partial charge in [0.05, 0.1) is 12.3 Å². The fourth-order valence-corrected chi connectivity index (χ4v) is 1.52. The molecule has 0 spiro atoms. The van der Waals surface area contributed by atoms with Crippen LogP contribution >= 0.6 is 0 Å². The summed E-state index contributed by atoms with van der Waals surface area (Å²) < 4.78 is 5.45. The number of pyridine rings is 1. The predicted octanol–water partition coefficient (Wildman–Crippen LogP) is 1.08. The lowest BCUT2D eigenvalue weighted by molar-refractivity contribution is -0.128. The second kappa shape index (κ2) is 3.75. The third-order valence-electron chi connectivity index (χ3n) is 2.24. The van der Waals surface area contributed by atoms with Gasteiger partial charge in [0.25, 0.3) is 0 Å². The van der Waals surface area contributed by atoms with E-state index in [2.05, 4.69) is 4.98 Å². The molecular formula is C10H12N2O2. The van der Waals surface area contributed by atoms with Crippen LogP contribution in [0.15, 0.2) is 18.2 Å². The Morgan fingerprint density at radius 2 is 2.36 bits per heavy atom. The SMILES string of the molecule is Nc1cccc(C2CC(=O)CCO2)n1. The number of ether oxygens (including phenoxy) is 1. The minimum atomic E-state index is -0.209. The molecule has 74 valence electrons. The molecule has 1 aromatic heterocycles. The number of carbonyl (C=O) groups is 1. The van der Waals surface area contributed by atoms with Crippen LogP contribution in [-0.2, 0) is 9.53 Å². The maximum atomic E-state index is 11.2. The van der Waals surface area contributed by atoms with Gasteiger partial charge >= 0.3 is 0 Å².